The minimum absolute atomic E-state index is 0.00936. The molecule has 0 bridgehead atoms. The number of nitrogens with zero attached hydrogens (tertiary/aromatic N) is 2. The zero-order valence-corrected chi connectivity index (χ0v) is 19.2. The van der Waals surface area contributed by atoms with Crippen LogP contribution in [0.4, 0.5) is 13.2 Å². The average Bonchev–Trinajstić information content (AvgIpc) is 3.15. The molecular formula is C27H21F3N2O3. The Labute approximate surface area is 199 Å². The van der Waals surface area contributed by atoms with Gasteiger partial charge in [-0.3, -0.25) is 0 Å². The normalized spacial score (nSPS) is 11.6. The molecule has 0 aliphatic carbocycles. The second-order valence-corrected chi connectivity index (χ2v) is 9.01. The van der Waals surface area contributed by atoms with Gasteiger partial charge >= 0.3 is 5.97 Å². The quantitative estimate of drug-likeness (QED) is 0.338. The molecule has 0 fully saturated rings. The Balaban J connectivity index is 2.24. The van der Waals surface area contributed by atoms with Gasteiger partial charge in [-0.05, 0) is 60.5 Å². The van der Waals surface area contributed by atoms with E-state index < -0.39 is 34.6 Å². The van der Waals surface area contributed by atoms with Gasteiger partial charge in [0.25, 0.3) is 0 Å². The summed E-state index contributed by atoms with van der Waals surface area (Å²) in [5.41, 5.74) is 1.09. The van der Waals surface area contributed by atoms with E-state index in [4.69, 9.17) is 0 Å². The van der Waals surface area contributed by atoms with E-state index in [9.17, 15) is 33.4 Å². The molecule has 0 radical (unpaired) electrons. The molecule has 0 spiro atoms. The fourth-order valence-electron chi connectivity index (χ4n) is 4.40. The Morgan fingerprint density at radius 2 is 1.71 bits per heavy atom. The number of halogens is 3. The van der Waals surface area contributed by atoms with Crippen molar-refractivity contribution in [2.24, 2.45) is 0 Å². The summed E-state index contributed by atoms with van der Waals surface area (Å²) < 4.78 is 44.8. The number of rotatable bonds is 5. The van der Waals surface area contributed by atoms with Crippen LogP contribution in [0.2, 0.25) is 0 Å². The minimum Gasteiger partial charge on any atom is -0.503 e. The Hall–Kier alpha value is -4.25. The van der Waals surface area contributed by atoms with Crippen LogP contribution in [0.1, 0.15) is 41.9 Å². The van der Waals surface area contributed by atoms with Gasteiger partial charge in [-0.2, -0.15) is 9.65 Å². The molecule has 0 aliphatic heterocycles. The lowest BCUT2D eigenvalue weighted by Crippen LogP contribution is -2.22. The number of hydrogen-bond acceptors (Lipinski definition) is 3. The third-order valence-corrected chi connectivity index (χ3v) is 6.10. The maximum atomic E-state index is 14.6. The molecule has 0 aliphatic rings. The zero-order chi connectivity index (χ0) is 25.7. The topological polar surface area (TPSA) is 86.2 Å². The fraction of sp³-hybridized carbons (Fsp3) is 0.185. The van der Waals surface area contributed by atoms with Crippen LogP contribution in [-0.2, 0) is 5.41 Å². The first kappa shape index (κ1) is 23.9. The van der Waals surface area contributed by atoms with E-state index in [1.807, 2.05) is 0 Å². The van der Waals surface area contributed by atoms with E-state index >= 15 is 0 Å². The highest BCUT2D eigenvalue weighted by molar-refractivity contribution is 6.03. The summed E-state index contributed by atoms with van der Waals surface area (Å²) in [6, 6.07) is 13.1. The summed E-state index contributed by atoms with van der Waals surface area (Å²) >= 11 is 0. The number of carboxylic acids is 1. The van der Waals surface area contributed by atoms with Crippen LogP contribution in [0.15, 0.2) is 48.5 Å². The van der Waals surface area contributed by atoms with Crippen molar-refractivity contribution in [3.05, 3.63) is 82.8 Å². The molecule has 35 heavy (non-hydrogen) atoms. The van der Waals surface area contributed by atoms with Gasteiger partial charge < -0.3 is 14.8 Å². The van der Waals surface area contributed by atoms with Crippen LogP contribution in [0.3, 0.4) is 0 Å². The lowest BCUT2D eigenvalue weighted by molar-refractivity contribution is 0.0697. The first-order valence-corrected chi connectivity index (χ1v) is 10.7. The average molecular weight is 478 g/mol. The Morgan fingerprint density at radius 3 is 2.29 bits per heavy atom. The number of aromatic carboxylic acids is 1. The zero-order valence-electron chi connectivity index (χ0n) is 19.2. The first-order valence-electron chi connectivity index (χ1n) is 10.7. The maximum Gasteiger partial charge on any atom is 0.335 e. The monoisotopic (exact) mass is 478 g/mol. The molecule has 4 rings (SSSR count). The minimum atomic E-state index is -1.44. The van der Waals surface area contributed by atoms with Crippen LogP contribution >= 0.6 is 0 Å². The van der Waals surface area contributed by atoms with E-state index in [1.165, 1.54) is 41.0 Å². The molecule has 0 amide bonds. The highest BCUT2D eigenvalue weighted by atomic mass is 19.2. The van der Waals surface area contributed by atoms with E-state index in [-0.39, 0.29) is 22.9 Å². The number of aromatic nitrogens is 1. The summed E-state index contributed by atoms with van der Waals surface area (Å²) in [5.74, 6) is -5.22. The Morgan fingerprint density at radius 1 is 1.06 bits per heavy atom. The standard InChI is InChI=1S/C27H21F3N2O3/c1-14-12-16(6-9-19(14)28)21-18-13-20(29)22(30)24(33)23(18)32(25(21)27(2,3)10-11-31)17-7-4-15(5-8-17)26(34)35/h4-9,12-13,33H,10H2,1-3H3,(H,34,35). The third-order valence-electron chi connectivity index (χ3n) is 6.10. The van der Waals surface area contributed by atoms with Crippen LogP contribution in [0, 0.1) is 35.7 Å². The van der Waals surface area contributed by atoms with Crippen molar-refractivity contribution < 1.29 is 28.2 Å². The van der Waals surface area contributed by atoms with E-state index in [0.717, 1.165) is 6.07 Å². The molecule has 0 saturated heterocycles. The smallest absolute Gasteiger partial charge is 0.335 e. The van der Waals surface area contributed by atoms with Gasteiger partial charge in [0.2, 0.25) is 5.82 Å². The Bertz CT molecular complexity index is 1530. The molecule has 3 aromatic carbocycles. The van der Waals surface area contributed by atoms with Crippen LogP contribution in [-0.4, -0.2) is 20.7 Å². The third kappa shape index (κ3) is 3.89. The largest absolute Gasteiger partial charge is 0.503 e. The molecule has 5 nitrogen and oxygen atoms in total. The van der Waals surface area contributed by atoms with Gasteiger partial charge in [-0.25, -0.2) is 13.6 Å². The second-order valence-electron chi connectivity index (χ2n) is 9.01. The molecule has 178 valence electrons. The summed E-state index contributed by atoms with van der Waals surface area (Å²) in [6.07, 6.45) is 0.00936. The lowest BCUT2D eigenvalue weighted by atomic mass is 9.81. The van der Waals surface area contributed by atoms with Gasteiger partial charge in [0.1, 0.15) is 5.82 Å². The second kappa shape index (κ2) is 8.51. The van der Waals surface area contributed by atoms with Crippen molar-refractivity contribution in [1.82, 2.24) is 4.57 Å². The van der Waals surface area contributed by atoms with E-state index in [1.54, 1.807) is 26.8 Å². The number of benzene rings is 3. The summed E-state index contributed by atoms with van der Waals surface area (Å²) in [7, 11) is 0. The predicted octanol–water partition coefficient (Wildman–Crippen LogP) is 6.62. The summed E-state index contributed by atoms with van der Waals surface area (Å²) in [4.78, 5) is 11.4. The van der Waals surface area contributed by atoms with Crippen molar-refractivity contribution in [1.29, 1.82) is 5.26 Å². The number of nitriles is 1. The highest BCUT2D eigenvalue weighted by Gasteiger charge is 2.34. The van der Waals surface area contributed by atoms with Gasteiger partial charge in [0.05, 0.1) is 17.1 Å². The van der Waals surface area contributed by atoms with E-state index in [2.05, 4.69) is 6.07 Å². The SMILES string of the molecule is Cc1cc(-c2c(C(C)(C)CC#N)n(-c3ccc(C(=O)O)cc3)c3c(O)c(F)c(F)cc23)ccc1F. The summed E-state index contributed by atoms with van der Waals surface area (Å²) in [6.45, 7) is 5.12. The Kier molecular flexibility index (Phi) is 5.81. The highest BCUT2D eigenvalue weighted by Crippen LogP contribution is 2.47. The number of fused-ring (bicyclic) bond motifs is 1. The van der Waals surface area contributed by atoms with Crippen LogP contribution < -0.4 is 0 Å². The molecule has 2 N–H and O–H groups in total. The number of hydrogen-bond donors (Lipinski definition) is 2. The molecule has 0 atom stereocenters. The number of aryl methyl sites for hydroxylation is 1. The molecule has 1 heterocycles. The molecular weight excluding hydrogens is 457 g/mol. The predicted molar refractivity (Wildman–Crippen MR) is 125 cm³/mol. The summed E-state index contributed by atoms with van der Waals surface area (Å²) in [5, 5.41) is 29.7. The van der Waals surface area contributed by atoms with Crippen LogP contribution in [0.5, 0.6) is 5.75 Å². The molecule has 8 heteroatoms. The van der Waals surface area contributed by atoms with Crippen molar-refractivity contribution >= 4 is 16.9 Å². The molecule has 1 aromatic heterocycles. The fourth-order valence-corrected chi connectivity index (χ4v) is 4.40. The lowest BCUT2D eigenvalue weighted by Gasteiger charge is -2.27. The number of phenols is 1. The number of aromatic hydroxyl groups is 1. The van der Waals surface area contributed by atoms with Gasteiger partial charge in [-0.15, -0.1) is 0 Å². The van der Waals surface area contributed by atoms with Crippen LogP contribution in [0.25, 0.3) is 27.7 Å². The number of carboxylic acid groups (broad SMARTS) is 1. The molecule has 0 unspecified atom stereocenters. The number of phenolic OH excluding ortho intramolecular Hbond substituents is 1. The van der Waals surface area contributed by atoms with Crippen molar-refractivity contribution in [2.75, 3.05) is 0 Å². The van der Waals surface area contributed by atoms with Crippen molar-refractivity contribution in [3.8, 4) is 28.6 Å². The van der Waals surface area contributed by atoms with Gasteiger partial charge in [0.15, 0.2) is 11.6 Å². The maximum absolute atomic E-state index is 14.6. The van der Waals surface area contributed by atoms with Crippen molar-refractivity contribution in [2.45, 2.75) is 32.6 Å². The molecule has 0 saturated carbocycles. The first-order chi connectivity index (χ1) is 16.5. The van der Waals surface area contributed by atoms with Gasteiger partial charge in [0, 0.05) is 34.2 Å². The van der Waals surface area contributed by atoms with Crippen molar-refractivity contribution in [3.63, 3.8) is 0 Å². The van der Waals surface area contributed by atoms with Gasteiger partial charge in [-0.1, -0.05) is 19.9 Å². The molecule has 4 aromatic rings. The van der Waals surface area contributed by atoms with E-state index in [0.29, 0.717) is 28.1 Å². The number of carbonyl (C=O) groups is 1.